The summed E-state index contributed by atoms with van der Waals surface area (Å²) >= 11 is 0. The third-order valence-electron chi connectivity index (χ3n) is 3.53. The van der Waals surface area contributed by atoms with Gasteiger partial charge in [-0.1, -0.05) is 0 Å². The Balaban J connectivity index is 1.78. The fraction of sp³-hybridized carbons (Fsp3) is 0.733. The summed E-state index contributed by atoms with van der Waals surface area (Å²) in [5, 5.41) is 6.65. The molecule has 2 N–H and O–H groups in total. The van der Waals surface area contributed by atoms with E-state index in [1.165, 1.54) is 0 Å². The first-order valence-corrected chi connectivity index (χ1v) is 7.92. The van der Waals surface area contributed by atoms with Crippen LogP contribution in [0.1, 0.15) is 5.69 Å². The van der Waals surface area contributed by atoms with Crippen LogP contribution in [0.15, 0.2) is 6.07 Å². The molecular weight excluding hydrogens is 280 g/mol. The van der Waals surface area contributed by atoms with Crippen molar-refractivity contribution >= 4 is 11.8 Å². The van der Waals surface area contributed by atoms with Crippen LogP contribution in [0.5, 0.6) is 0 Å². The maximum Gasteiger partial charge on any atom is 0.224 e. The topological polar surface area (TPSA) is 65.6 Å². The van der Waals surface area contributed by atoms with Crippen molar-refractivity contribution < 1.29 is 4.74 Å². The molecule has 1 fully saturated rings. The minimum absolute atomic E-state index is 0.690. The molecule has 2 rings (SSSR count). The number of nitrogens with zero attached hydrogens (tertiary/aromatic N) is 4. The van der Waals surface area contributed by atoms with Gasteiger partial charge in [-0.15, -0.1) is 0 Å². The molecule has 0 aliphatic carbocycles. The number of hydrogen-bond donors (Lipinski definition) is 2. The van der Waals surface area contributed by atoms with E-state index in [-0.39, 0.29) is 0 Å². The van der Waals surface area contributed by atoms with Crippen LogP contribution in [0.2, 0.25) is 0 Å². The Morgan fingerprint density at radius 2 is 1.95 bits per heavy atom. The summed E-state index contributed by atoms with van der Waals surface area (Å²) in [4.78, 5) is 13.5. The summed E-state index contributed by atoms with van der Waals surface area (Å²) < 4.78 is 5.36. The van der Waals surface area contributed by atoms with Gasteiger partial charge in [0.25, 0.3) is 0 Å². The van der Waals surface area contributed by atoms with E-state index in [4.69, 9.17) is 4.74 Å². The number of hydrogen-bond acceptors (Lipinski definition) is 7. The third-order valence-corrected chi connectivity index (χ3v) is 3.53. The smallest absolute Gasteiger partial charge is 0.224 e. The van der Waals surface area contributed by atoms with E-state index in [0.29, 0.717) is 5.95 Å². The number of rotatable bonds is 8. The second-order valence-electron chi connectivity index (χ2n) is 5.83. The number of ether oxygens (including phenoxy) is 1. The molecule has 2 heterocycles. The number of nitrogens with one attached hydrogen (secondary N) is 2. The van der Waals surface area contributed by atoms with Crippen molar-refractivity contribution in [1.29, 1.82) is 0 Å². The molecule has 0 saturated carbocycles. The normalized spacial score (nSPS) is 16.0. The van der Waals surface area contributed by atoms with Gasteiger partial charge >= 0.3 is 0 Å². The fourth-order valence-electron chi connectivity index (χ4n) is 2.30. The van der Waals surface area contributed by atoms with Crippen molar-refractivity contribution in [2.45, 2.75) is 6.92 Å². The molecule has 0 amide bonds. The van der Waals surface area contributed by atoms with E-state index in [1.807, 2.05) is 13.0 Å². The quantitative estimate of drug-likeness (QED) is 0.725. The molecule has 1 saturated heterocycles. The Kier molecular flexibility index (Phi) is 6.82. The first kappa shape index (κ1) is 16.9. The fourth-order valence-corrected chi connectivity index (χ4v) is 2.30. The van der Waals surface area contributed by atoms with Gasteiger partial charge in [-0.05, 0) is 21.0 Å². The minimum Gasteiger partial charge on any atom is -0.379 e. The van der Waals surface area contributed by atoms with Crippen molar-refractivity contribution in [2.24, 2.45) is 0 Å². The van der Waals surface area contributed by atoms with Gasteiger partial charge in [0.05, 0.1) is 13.2 Å². The molecule has 1 aromatic rings. The summed E-state index contributed by atoms with van der Waals surface area (Å²) in [6, 6.07) is 1.98. The van der Waals surface area contributed by atoms with Crippen molar-refractivity contribution in [1.82, 2.24) is 19.8 Å². The average Bonchev–Trinajstić information content (AvgIpc) is 2.47. The summed E-state index contributed by atoms with van der Waals surface area (Å²) in [5.41, 5.74) is 0.969. The van der Waals surface area contributed by atoms with Gasteiger partial charge in [0.15, 0.2) is 0 Å². The molecule has 0 atom stereocenters. The van der Waals surface area contributed by atoms with Gasteiger partial charge in [-0.3, -0.25) is 4.90 Å². The molecule has 0 radical (unpaired) electrons. The Morgan fingerprint density at radius 1 is 1.18 bits per heavy atom. The molecule has 0 bridgehead atoms. The average molecular weight is 308 g/mol. The van der Waals surface area contributed by atoms with Crippen LogP contribution in [0.25, 0.3) is 0 Å². The summed E-state index contributed by atoms with van der Waals surface area (Å²) in [5.74, 6) is 1.57. The molecule has 1 aromatic heterocycles. The number of aryl methyl sites for hydroxylation is 1. The standard InChI is InChI=1S/C15H28N6O/c1-13-12-14(16-5-7-21-8-10-22-11-9-21)19-15(18-13)17-4-6-20(2)3/h12H,4-11H2,1-3H3,(H2,16,17,18,19). The lowest BCUT2D eigenvalue weighted by atomic mass is 10.4. The maximum atomic E-state index is 5.36. The van der Waals surface area contributed by atoms with Gasteiger partial charge in [-0.25, -0.2) is 4.98 Å². The number of likely N-dealkylation sites (N-methyl/N-ethyl adjacent to an activating group) is 1. The number of aromatic nitrogens is 2. The predicted octanol–water partition coefficient (Wildman–Crippen LogP) is 0.503. The van der Waals surface area contributed by atoms with Gasteiger partial charge in [0.1, 0.15) is 5.82 Å². The van der Waals surface area contributed by atoms with Gasteiger partial charge in [0, 0.05) is 51.0 Å². The Bertz CT molecular complexity index is 448. The monoisotopic (exact) mass is 308 g/mol. The first-order chi connectivity index (χ1) is 10.6. The lowest BCUT2D eigenvalue weighted by molar-refractivity contribution is 0.0398. The van der Waals surface area contributed by atoms with Crippen LogP contribution in [-0.2, 0) is 4.74 Å². The van der Waals surface area contributed by atoms with E-state index < -0.39 is 0 Å². The van der Waals surface area contributed by atoms with Gasteiger partial charge in [-0.2, -0.15) is 4.98 Å². The minimum atomic E-state index is 0.690. The van der Waals surface area contributed by atoms with Crippen LogP contribution in [0, 0.1) is 6.92 Å². The second kappa shape index (κ2) is 8.87. The van der Waals surface area contributed by atoms with E-state index in [9.17, 15) is 0 Å². The summed E-state index contributed by atoms with van der Waals surface area (Å²) in [6.07, 6.45) is 0. The second-order valence-corrected chi connectivity index (χ2v) is 5.83. The Labute approximate surface area is 133 Å². The maximum absolute atomic E-state index is 5.36. The Morgan fingerprint density at radius 3 is 2.68 bits per heavy atom. The molecular formula is C15H28N6O. The zero-order valence-electron chi connectivity index (χ0n) is 13.9. The van der Waals surface area contributed by atoms with Crippen molar-refractivity contribution in [3.63, 3.8) is 0 Å². The molecule has 7 heteroatoms. The molecule has 7 nitrogen and oxygen atoms in total. The van der Waals surface area contributed by atoms with Gasteiger partial charge in [0.2, 0.25) is 5.95 Å². The van der Waals surface area contributed by atoms with E-state index in [1.54, 1.807) is 0 Å². The zero-order valence-corrected chi connectivity index (χ0v) is 13.9. The molecule has 0 aromatic carbocycles. The van der Waals surface area contributed by atoms with Crippen LogP contribution >= 0.6 is 0 Å². The van der Waals surface area contributed by atoms with Crippen molar-refractivity contribution in [3.8, 4) is 0 Å². The largest absolute Gasteiger partial charge is 0.379 e. The lowest BCUT2D eigenvalue weighted by Crippen LogP contribution is -2.39. The van der Waals surface area contributed by atoms with Crippen molar-refractivity contribution in [2.75, 3.05) is 77.2 Å². The van der Waals surface area contributed by atoms with Crippen LogP contribution in [0.4, 0.5) is 11.8 Å². The van der Waals surface area contributed by atoms with E-state index >= 15 is 0 Å². The molecule has 1 aliphatic heterocycles. The first-order valence-electron chi connectivity index (χ1n) is 7.92. The van der Waals surface area contributed by atoms with E-state index in [0.717, 1.165) is 64.0 Å². The molecule has 0 spiro atoms. The summed E-state index contributed by atoms with van der Waals surface area (Å²) in [6.45, 7) is 9.39. The molecule has 22 heavy (non-hydrogen) atoms. The van der Waals surface area contributed by atoms with Crippen LogP contribution in [0.3, 0.4) is 0 Å². The highest BCUT2D eigenvalue weighted by molar-refractivity contribution is 5.42. The lowest BCUT2D eigenvalue weighted by Gasteiger charge is -2.26. The van der Waals surface area contributed by atoms with Gasteiger partial charge < -0.3 is 20.3 Å². The highest BCUT2D eigenvalue weighted by atomic mass is 16.5. The zero-order chi connectivity index (χ0) is 15.8. The third kappa shape index (κ3) is 6.13. The Hall–Kier alpha value is -1.44. The highest BCUT2D eigenvalue weighted by Gasteiger charge is 2.09. The predicted molar refractivity (Wildman–Crippen MR) is 89.6 cm³/mol. The number of morpholine rings is 1. The van der Waals surface area contributed by atoms with Crippen molar-refractivity contribution in [3.05, 3.63) is 11.8 Å². The van der Waals surface area contributed by atoms with Crippen LogP contribution in [-0.4, -0.2) is 86.3 Å². The molecule has 124 valence electrons. The van der Waals surface area contributed by atoms with Crippen LogP contribution < -0.4 is 10.6 Å². The highest BCUT2D eigenvalue weighted by Crippen LogP contribution is 2.09. The van der Waals surface area contributed by atoms with E-state index in [2.05, 4.69) is 44.5 Å². The number of anilines is 2. The summed E-state index contributed by atoms with van der Waals surface area (Å²) in [7, 11) is 4.11. The molecule has 0 unspecified atom stereocenters. The SMILES string of the molecule is Cc1cc(NCCN2CCOCC2)nc(NCCN(C)C)n1. The molecule has 1 aliphatic rings.